The third kappa shape index (κ3) is 1.37. The van der Waals surface area contributed by atoms with Crippen LogP contribution in [0.25, 0.3) is 11.0 Å². The van der Waals surface area contributed by atoms with E-state index in [2.05, 4.69) is 29.1 Å². The Morgan fingerprint density at radius 1 is 1.35 bits per heavy atom. The van der Waals surface area contributed by atoms with E-state index in [0.29, 0.717) is 5.82 Å². The molecule has 0 amide bonds. The molecule has 0 aliphatic carbocycles. The summed E-state index contributed by atoms with van der Waals surface area (Å²) in [6.45, 7) is 1.09. The fraction of sp³-hybridized carbons (Fsp3) is 0.385. The molecule has 1 aliphatic rings. The van der Waals surface area contributed by atoms with Gasteiger partial charge in [-0.15, -0.1) is 0 Å². The molecule has 0 saturated heterocycles. The third-order valence-corrected chi connectivity index (χ3v) is 3.61. The molecule has 0 unspecified atom stereocenters. The Labute approximate surface area is 99.9 Å². The van der Waals surface area contributed by atoms with Gasteiger partial charge in [0, 0.05) is 31.9 Å². The smallest absolute Gasteiger partial charge is 0.185 e. The third-order valence-electron chi connectivity index (χ3n) is 3.61. The molecule has 0 spiro atoms. The van der Waals surface area contributed by atoms with Crippen molar-refractivity contribution in [3.05, 3.63) is 23.5 Å². The average molecular weight is 229 g/mol. The zero-order chi connectivity index (χ0) is 12.0. The standard InChI is InChI=1S/C13H15N3O/c1-15-7-3-4-9-10(15)5-6-11-13(9)14-12(8-17)16(11)2/h5-6,8H,3-4,7H2,1-2H3. The highest BCUT2D eigenvalue weighted by molar-refractivity contribution is 5.89. The van der Waals surface area contributed by atoms with Gasteiger partial charge in [-0.1, -0.05) is 0 Å². The van der Waals surface area contributed by atoms with E-state index in [1.54, 1.807) is 0 Å². The van der Waals surface area contributed by atoms with E-state index in [1.807, 2.05) is 11.6 Å². The first-order chi connectivity index (χ1) is 8.22. The molecule has 4 nitrogen and oxygen atoms in total. The lowest BCUT2D eigenvalue weighted by Crippen LogP contribution is -2.24. The maximum Gasteiger partial charge on any atom is 0.185 e. The van der Waals surface area contributed by atoms with Gasteiger partial charge in [0.2, 0.25) is 0 Å². The molecule has 1 aromatic heterocycles. The summed E-state index contributed by atoms with van der Waals surface area (Å²) in [6.07, 6.45) is 3.01. The summed E-state index contributed by atoms with van der Waals surface area (Å²) in [4.78, 5) is 17.6. The highest BCUT2D eigenvalue weighted by Crippen LogP contribution is 2.32. The summed E-state index contributed by atoms with van der Waals surface area (Å²) in [5.74, 6) is 0.502. The van der Waals surface area contributed by atoms with Gasteiger partial charge in [-0.25, -0.2) is 4.98 Å². The quantitative estimate of drug-likeness (QED) is 0.699. The van der Waals surface area contributed by atoms with Gasteiger partial charge in [-0.2, -0.15) is 0 Å². The predicted molar refractivity (Wildman–Crippen MR) is 67.7 cm³/mol. The molecule has 0 saturated carbocycles. The van der Waals surface area contributed by atoms with Crippen LogP contribution in [0.2, 0.25) is 0 Å². The Morgan fingerprint density at radius 3 is 2.94 bits per heavy atom. The Morgan fingerprint density at radius 2 is 2.18 bits per heavy atom. The van der Waals surface area contributed by atoms with Crippen LogP contribution in [-0.4, -0.2) is 29.4 Å². The minimum Gasteiger partial charge on any atom is -0.374 e. The highest BCUT2D eigenvalue weighted by Gasteiger charge is 2.19. The second kappa shape index (κ2) is 3.58. The van der Waals surface area contributed by atoms with Gasteiger partial charge in [0.1, 0.15) is 0 Å². The van der Waals surface area contributed by atoms with E-state index in [9.17, 15) is 4.79 Å². The molecule has 2 heterocycles. The van der Waals surface area contributed by atoms with E-state index in [1.165, 1.54) is 11.3 Å². The van der Waals surface area contributed by atoms with Gasteiger partial charge in [-0.3, -0.25) is 4.79 Å². The summed E-state index contributed by atoms with van der Waals surface area (Å²) < 4.78 is 1.86. The number of carbonyl (C=O) groups is 1. The van der Waals surface area contributed by atoms with Gasteiger partial charge in [0.05, 0.1) is 11.0 Å². The van der Waals surface area contributed by atoms with Crippen LogP contribution < -0.4 is 4.90 Å². The van der Waals surface area contributed by atoms with E-state index < -0.39 is 0 Å². The first kappa shape index (κ1) is 10.3. The first-order valence-electron chi connectivity index (χ1n) is 5.87. The number of anilines is 1. The zero-order valence-corrected chi connectivity index (χ0v) is 10.1. The zero-order valence-electron chi connectivity index (χ0n) is 10.1. The van der Waals surface area contributed by atoms with Crippen LogP contribution in [0, 0.1) is 0 Å². The normalized spacial score (nSPS) is 15.1. The van der Waals surface area contributed by atoms with Crippen LogP contribution in [0.1, 0.15) is 22.6 Å². The summed E-state index contributed by atoms with van der Waals surface area (Å²) in [5.41, 5.74) is 4.55. The van der Waals surface area contributed by atoms with Crippen LogP contribution in [-0.2, 0) is 13.5 Å². The summed E-state index contributed by atoms with van der Waals surface area (Å²) in [6, 6.07) is 4.18. The van der Waals surface area contributed by atoms with Gasteiger partial charge < -0.3 is 9.47 Å². The summed E-state index contributed by atoms with van der Waals surface area (Å²) >= 11 is 0. The molecule has 17 heavy (non-hydrogen) atoms. The highest BCUT2D eigenvalue weighted by atomic mass is 16.1. The Kier molecular flexibility index (Phi) is 2.18. The first-order valence-corrected chi connectivity index (χ1v) is 5.87. The van der Waals surface area contributed by atoms with Crippen LogP contribution in [0.5, 0.6) is 0 Å². The fourth-order valence-electron chi connectivity index (χ4n) is 2.64. The van der Waals surface area contributed by atoms with Crippen molar-refractivity contribution in [2.45, 2.75) is 12.8 Å². The van der Waals surface area contributed by atoms with Crippen LogP contribution >= 0.6 is 0 Å². The number of hydrogen-bond acceptors (Lipinski definition) is 3. The predicted octanol–water partition coefficient (Wildman–Crippen LogP) is 1.77. The van der Waals surface area contributed by atoms with Gasteiger partial charge in [-0.05, 0) is 25.0 Å². The molecule has 0 fully saturated rings. The van der Waals surface area contributed by atoms with E-state index in [4.69, 9.17) is 0 Å². The lowest BCUT2D eigenvalue weighted by Gasteiger charge is -2.27. The molecule has 4 heteroatoms. The molecule has 0 N–H and O–H groups in total. The largest absolute Gasteiger partial charge is 0.374 e. The molecule has 0 atom stereocenters. The number of hydrogen-bond donors (Lipinski definition) is 0. The number of imidazole rings is 1. The van der Waals surface area contributed by atoms with Crippen molar-refractivity contribution in [3.63, 3.8) is 0 Å². The second-order valence-corrected chi connectivity index (χ2v) is 4.60. The topological polar surface area (TPSA) is 38.1 Å². The van der Waals surface area contributed by atoms with Crippen molar-refractivity contribution in [1.82, 2.24) is 9.55 Å². The maximum atomic E-state index is 10.9. The Bertz CT molecular complexity index is 600. The van der Waals surface area contributed by atoms with Crippen molar-refractivity contribution < 1.29 is 4.79 Å². The summed E-state index contributed by atoms with van der Waals surface area (Å²) in [5, 5.41) is 0. The van der Waals surface area contributed by atoms with Gasteiger partial charge in [0.15, 0.2) is 12.1 Å². The van der Waals surface area contributed by atoms with Crippen LogP contribution in [0.4, 0.5) is 5.69 Å². The van der Waals surface area contributed by atoms with E-state index in [-0.39, 0.29) is 0 Å². The molecule has 0 bridgehead atoms. The lowest BCUT2D eigenvalue weighted by atomic mass is 10.0. The molecule has 88 valence electrons. The van der Waals surface area contributed by atoms with Gasteiger partial charge in [0.25, 0.3) is 0 Å². The number of aryl methyl sites for hydroxylation is 2. The molecular formula is C13H15N3O. The maximum absolute atomic E-state index is 10.9. The molecule has 0 radical (unpaired) electrons. The second-order valence-electron chi connectivity index (χ2n) is 4.60. The SMILES string of the molecule is CN1CCCc2c1ccc1c2nc(C=O)n1C. The number of rotatable bonds is 1. The molecule has 2 aromatic rings. The Balaban J connectivity index is 2.34. The van der Waals surface area contributed by atoms with Crippen molar-refractivity contribution in [3.8, 4) is 0 Å². The molecular weight excluding hydrogens is 214 g/mol. The summed E-state index contributed by atoms with van der Waals surface area (Å²) in [7, 11) is 3.99. The number of aldehydes is 1. The van der Waals surface area contributed by atoms with E-state index in [0.717, 1.165) is 36.7 Å². The van der Waals surface area contributed by atoms with Crippen LogP contribution in [0.3, 0.4) is 0 Å². The van der Waals surface area contributed by atoms with Gasteiger partial charge >= 0.3 is 0 Å². The molecule has 1 aliphatic heterocycles. The lowest BCUT2D eigenvalue weighted by molar-refractivity contribution is 0.111. The van der Waals surface area contributed by atoms with Crippen molar-refractivity contribution in [1.29, 1.82) is 0 Å². The number of carbonyl (C=O) groups excluding carboxylic acids is 1. The minimum atomic E-state index is 0.502. The number of aromatic nitrogens is 2. The van der Waals surface area contributed by atoms with Crippen molar-refractivity contribution >= 4 is 23.0 Å². The molecule has 3 rings (SSSR count). The fourth-order valence-corrected chi connectivity index (χ4v) is 2.64. The monoisotopic (exact) mass is 229 g/mol. The molecule has 1 aromatic carbocycles. The Hall–Kier alpha value is -1.84. The minimum absolute atomic E-state index is 0.502. The van der Waals surface area contributed by atoms with E-state index >= 15 is 0 Å². The number of fused-ring (bicyclic) bond motifs is 3. The number of nitrogens with zero attached hydrogens (tertiary/aromatic N) is 3. The van der Waals surface area contributed by atoms with Crippen molar-refractivity contribution in [2.24, 2.45) is 7.05 Å². The average Bonchev–Trinajstić information content (AvgIpc) is 2.67. The number of benzene rings is 1. The van der Waals surface area contributed by atoms with Crippen molar-refractivity contribution in [2.75, 3.05) is 18.5 Å². The van der Waals surface area contributed by atoms with Crippen LogP contribution in [0.15, 0.2) is 12.1 Å².